The molecular weight excluding hydrogens is 318 g/mol. The Bertz CT molecular complexity index is 765. The summed E-state index contributed by atoms with van der Waals surface area (Å²) in [7, 11) is 0. The van der Waals surface area contributed by atoms with Crippen molar-refractivity contribution in [3.63, 3.8) is 0 Å². The molecule has 1 fully saturated rings. The van der Waals surface area contributed by atoms with Crippen LogP contribution < -0.4 is 4.90 Å². The fraction of sp³-hybridized carbons (Fsp3) is 0.400. The fourth-order valence-corrected chi connectivity index (χ4v) is 4.89. The topological polar surface area (TPSA) is 65.8 Å². The quantitative estimate of drug-likeness (QED) is 0.935. The maximum absolute atomic E-state index is 11.0. The van der Waals surface area contributed by atoms with E-state index >= 15 is 0 Å². The van der Waals surface area contributed by atoms with Crippen LogP contribution in [-0.4, -0.2) is 46.0 Å². The van der Waals surface area contributed by atoms with Crippen LogP contribution in [0.3, 0.4) is 0 Å². The predicted octanol–water partition coefficient (Wildman–Crippen LogP) is 2.84. The van der Waals surface area contributed by atoms with Gasteiger partial charge in [0.15, 0.2) is 6.04 Å². The number of thioether (sulfide) groups is 1. The molecule has 3 heterocycles. The molecule has 1 saturated heterocycles. The first-order chi connectivity index (χ1) is 10.7. The van der Waals surface area contributed by atoms with E-state index in [1.165, 1.54) is 30.3 Å². The number of carboxylic acid groups (broad SMARTS) is 1. The van der Waals surface area contributed by atoms with E-state index in [1.54, 1.807) is 11.3 Å². The number of carbonyl (C=O) groups is 1. The molecule has 4 rings (SSSR count). The molecule has 0 saturated carbocycles. The zero-order valence-electron chi connectivity index (χ0n) is 11.9. The summed E-state index contributed by atoms with van der Waals surface area (Å²) >= 11 is 3.08. The minimum absolute atomic E-state index is 0.500. The lowest BCUT2D eigenvalue weighted by molar-refractivity contribution is -0.137. The second-order valence-corrected chi connectivity index (χ2v) is 7.50. The largest absolute Gasteiger partial charge is 0.480 e. The van der Waals surface area contributed by atoms with Crippen LogP contribution in [0.15, 0.2) is 23.2 Å². The number of rotatable bonds is 3. The first-order valence-electron chi connectivity index (χ1n) is 7.30. The third-order valence-corrected chi connectivity index (χ3v) is 6.17. The highest BCUT2D eigenvalue weighted by Gasteiger charge is 2.27. The van der Waals surface area contributed by atoms with Crippen LogP contribution in [0.2, 0.25) is 0 Å². The maximum atomic E-state index is 11.0. The minimum Gasteiger partial charge on any atom is -0.480 e. The van der Waals surface area contributed by atoms with Gasteiger partial charge in [-0.2, -0.15) is 0 Å². The summed E-state index contributed by atoms with van der Waals surface area (Å²) in [6.07, 6.45) is 2.52. The lowest BCUT2D eigenvalue weighted by Gasteiger charge is -2.16. The van der Waals surface area contributed by atoms with Crippen LogP contribution in [0, 0.1) is 0 Å². The number of thiazole rings is 1. The summed E-state index contributed by atoms with van der Waals surface area (Å²) < 4.78 is 1.14. The molecule has 114 valence electrons. The van der Waals surface area contributed by atoms with Crippen molar-refractivity contribution in [1.82, 2.24) is 4.98 Å². The van der Waals surface area contributed by atoms with E-state index in [0.717, 1.165) is 33.4 Å². The number of benzene rings is 1. The highest BCUT2D eigenvalue weighted by atomic mass is 32.2. The van der Waals surface area contributed by atoms with Gasteiger partial charge >= 0.3 is 5.97 Å². The number of aromatic nitrogens is 1. The molecule has 0 bridgehead atoms. The Morgan fingerprint density at radius 2 is 2.14 bits per heavy atom. The number of aliphatic imine (C=N–C) groups is 1. The Kier molecular flexibility index (Phi) is 3.54. The molecule has 2 aliphatic rings. The number of anilines is 1. The Labute approximate surface area is 136 Å². The van der Waals surface area contributed by atoms with E-state index in [4.69, 9.17) is 5.11 Å². The Hall–Kier alpha value is -1.60. The maximum Gasteiger partial charge on any atom is 0.329 e. The smallest absolute Gasteiger partial charge is 0.329 e. The zero-order chi connectivity index (χ0) is 15.1. The lowest BCUT2D eigenvalue weighted by atomic mass is 10.3. The fourth-order valence-electron chi connectivity index (χ4n) is 2.79. The second-order valence-electron chi connectivity index (χ2n) is 5.46. The van der Waals surface area contributed by atoms with Crippen LogP contribution in [0.5, 0.6) is 0 Å². The summed E-state index contributed by atoms with van der Waals surface area (Å²) in [5, 5.41) is 10.6. The summed E-state index contributed by atoms with van der Waals surface area (Å²) in [5.74, 6) is -0.362. The molecule has 0 amide bonds. The highest BCUT2D eigenvalue weighted by molar-refractivity contribution is 8.15. The van der Waals surface area contributed by atoms with Crippen molar-refractivity contribution < 1.29 is 9.90 Å². The van der Waals surface area contributed by atoms with Crippen molar-refractivity contribution in [3.8, 4) is 0 Å². The van der Waals surface area contributed by atoms with Crippen molar-refractivity contribution in [2.75, 3.05) is 23.7 Å². The molecule has 7 heteroatoms. The SMILES string of the molecule is O=C(O)[C@H]1CSC(c2nc3ccc(N4CCCC4)cc3s2)=N1. The van der Waals surface area contributed by atoms with Gasteiger partial charge in [-0.3, -0.25) is 4.99 Å². The van der Waals surface area contributed by atoms with Crippen LogP contribution in [0.4, 0.5) is 5.69 Å². The number of nitrogens with zero attached hydrogens (tertiary/aromatic N) is 3. The molecular formula is C15H15N3O2S2. The van der Waals surface area contributed by atoms with E-state index < -0.39 is 12.0 Å². The minimum atomic E-state index is -0.861. The number of hydrogen-bond donors (Lipinski definition) is 1. The number of aliphatic carboxylic acids is 1. The molecule has 1 aromatic heterocycles. The van der Waals surface area contributed by atoms with Gasteiger partial charge in [0.25, 0.3) is 0 Å². The first kappa shape index (κ1) is 14.0. The molecule has 2 aliphatic heterocycles. The van der Waals surface area contributed by atoms with Gasteiger partial charge in [-0.05, 0) is 31.0 Å². The number of hydrogen-bond acceptors (Lipinski definition) is 6. The van der Waals surface area contributed by atoms with Gasteiger partial charge in [0, 0.05) is 24.5 Å². The highest BCUT2D eigenvalue weighted by Crippen LogP contribution is 2.32. The average molecular weight is 333 g/mol. The molecule has 5 nitrogen and oxygen atoms in total. The van der Waals surface area contributed by atoms with Gasteiger partial charge in [-0.15, -0.1) is 23.1 Å². The predicted molar refractivity (Wildman–Crippen MR) is 91.5 cm³/mol. The monoisotopic (exact) mass is 333 g/mol. The summed E-state index contributed by atoms with van der Waals surface area (Å²) in [6.45, 7) is 2.25. The third kappa shape index (κ3) is 2.48. The van der Waals surface area contributed by atoms with E-state index in [0.29, 0.717) is 5.75 Å². The van der Waals surface area contributed by atoms with Gasteiger partial charge in [-0.25, -0.2) is 9.78 Å². The van der Waals surface area contributed by atoms with Gasteiger partial charge in [0.2, 0.25) is 0 Å². The standard InChI is InChI=1S/C15H15N3O2S2/c19-15(20)11-8-21-13(17-11)14-16-10-4-3-9(7-12(10)22-14)18-5-1-2-6-18/h3-4,7,11H,1-2,5-6,8H2,(H,19,20)/t11-/m1/s1. The van der Waals surface area contributed by atoms with Gasteiger partial charge < -0.3 is 10.0 Å². The number of carboxylic acids is 1. The Balaban J connectivity index is 1.66. The molecule has 0 radical (unpaired) electrons. The Morgan fingerprint density at radius 1 is 1.32 bits per heavy atom. The van der Waals surface area contributed by atoms with Crippen molar-refractivity contribution in [3.05, 3.63) is 23.2 Å². The normalized spacial score (nSPS) is 21.5. The lowest BCUT2D eigenvalue weighted by Crippen LogP contribution is -2.17. The average Bonchev–Trinajstić information content (AvgIpc) is 3.25. The van der Waals surface area contributed by atoms with Crippen LogP contribution >= 0.6 is 23.1 Å². The van der Waals surface area contributed by atoms with Crippen molar-refractivity contribution >= 4 is 50.0 Å². The molecule has 1 aromatic carbocycles. The van der Waals surface area contributed by atoms with E-state index in [1.807, 2.05) is 0 Å². The molecule has 0 aliphatic carbocycles. The van der Waals surface area contributed by atoms with Gasteiger partial charge in [0.1, 0.15) is 10.1 Å². The molecule has 0 spiro atoms. The van der Waals surface area contributed by atoms with Gasteiger partial charge in [0.05, 0.1) is 10.2 Å². The van der Waals surface area contributed by atoms with Crippen molar-refractivity contribution in [2.45, 2.75) is 18.9 Å². The third-order valence-electron chi connectivity index (χ3n) is 3.96. The molecule has 1 atom stereocenters. The summed E-state index contributed by atoms with van der Waals surface area (Å²) in [4.78, 5) is 22.3. The molecule has 22 heavy (non-hydrogen) atoms. The summed E-state index contributed by atoms with van der Waals surface area (Å²) in [5.41, 5.74) is 2.22. The van der Waals surface area contributed by atoms with Crippen LogP contribution in [0.25, 0.3) is 10.2 Å². The van der Waals surface area contributed by atoms with Crippen LogP contribution in [0.1, 0.15) is 17.8 Å². The Morgan fingerprint density at radius 3 is 2.86 bits per heavy atom. The second kappa shape index (κ2) is 5.55. The molecule has 0 unspecified atom stereocenters. The number of fused-ring (bicyclic) bond motifs is 1. The van der Waals surface area contributed by atoms with Crippen molar-refractivity contribution in [1.29, 1.82) is 0 Å². The van der Waals surface area contributed by atoms with Gasteiger partial charge in [-0.1, -0.05) is 0 Å². The van der Waals surface area contributed by atoms with E-state index in [9.17, 15) is 4.79 Å². The van der Waals surface area contributed by atoms with Crippen LogP contribution in [-0.2, 0) is 4.79 Å². The van der Waals surface area contributed by atoms with Crippen molar-refractivity contribution in [2.24, 2.45) is 4.99 Å². The van der Waals surface area contributed by atoms with E-state index in [-0.39, 0.29) is 0 Å². The zero-order valence-corrected chi connectivity index (χ0v) is 13.5. The van der Waals surface area contributed by atoms with E-state index in [2.05, 4.69) is 33.1 Å². The first-order valence-corrected chi connectivity index (χ1v) is 9.10. The molecule has 1 N–H and O–H groups in total. The molecule has 2 aromatic rings. The summed E-state index contributed by atoms with van der Waals surface area (Å²) in [6, 6.07) is 5.74.